The third kappa shape index (κ3) is 11.2. The topological polar surface area (TPSA) is 138 Å². The van der Waals surface area contributed by atoms with Crippen molar-refractivity contribution in [2.75, 3.05) is 46.6 Å². The predicted molar refractivity (Wildman–Crippen MR) is 251 cm³/mol. The van der Waals surface area contributed by atoms with E-state index in [0.717, 1.165) is 81.1 Å². The van der Waals surface area contributed by atoms with Gasteiger partial charge < -0.3 is 34.7 Å². The minimum Gasteiger partial charge on any atom is -0.478 e. The number of amides is 2. The van der Waals surface area contributed by atoms with Crippen molar-refractivity contribution >= 4 is 84.7 Å². The smallest absolute Gasteiger partial charge is 0.335 e. The number of nitrogens with zero attached hydrogens (tertiary/aromatic N) is 6. The second kappa shape index (κ2) is 20.5. The second-order valence-electron chi connectivity index (χ2n) is 15.1. The van der Waals surface area contributed by atoms with Gasteiger partial charge in [0.2, 0.25) is 0 Å². The van der Waals surface area contributed by atoms with Gasteiger partial charge in [0.05, 0.1) is 30.0 Å². The van der Waals surface area contributed by atoms with E-state index < -0.39 is 5.97 Å². The number of halogens is 1. The van der Waals surface area contributed by atoms with Crippen LogP contribution in [-0.4, -0.2) is 68.2 Å². The quantitative estimate of drug-likeness (QED) is 0.0974. The zero-order valence-corrected chi connectivity index (χ0v) is 37.8. The molecule has 0 bridgehead atoms. The van der Waals surface area contributed by atoms with E-state index in [0.29, 0.717) is 30.2 Å². The average molecular weight is 959 g/mol. The average Bonchev–Trinajstić information content (AvgIpc) is 4.10. The number of nitrogens with one attached hydrogen (secondary N) is 2. The molecular formula is C45H51IN8O4S2. The first-order valence-corrected chi connectivity index (χ1v) is 23.5. The van der Waals surface area contributed by atoms with Gasteiger partial charge >= 0.3 is 5.97 Å². The minimum absolute atomic E-state index is 0.0857. The molecule has 2 amide bonds. The Hall–Kier alpha value is -5.00. The summed E-state index contributed by atoms with van der Waals surface area (Å²) >= 11 is 5.63. The van der Waals surface area contributed by atoms with E-state index >= 15 is 0 Å². The number of hydrogen-bond donors (Lipinski definition) is 3. The monoisotopic (exact) mass is 958 g/mol. The molecule has 2 aliphatic heterocycles. The van der Waals surface area contributed by atoms with Crippen molar-refractivity contribution in [3.63, 3.8) is 0 Å². The number of rotatable bonds is 13. The number of carbonyl (C=O) groups excluding carboxylic acids is 2. The molecule has 0 aliphatic carbocycles. The number of carboxylic acid groups (broad SMARTS) is 1. The number of thiazole rings is 2. The van der Waals surface area contributed by atoms with Gasteiger partial charge in [-0.3, -0.25) is 9.59 Å². The van der Waals surface area contributed by atoms with E-state index in [1.165, 1.54) is 50.7 Å². The number of carboxylic acids is 1. The van der Waals surface area contributed by atoms with Gasteiger partial charge in [0.1, 0.15) is 11.4 Å². The summed E-state index contributed by atoms with van der Waals surface area (Å²) in [7, 11) is 0. The van der Waals surface area contributed by atoms with E-state index in [-0.39, 0.29) is 17.4 Å². The van der Waals surface area contributed by atoms with Crippen LogP contribution in [0.1, 0.15) is 106 Å². The SMILES string of the molecule is CCc1cc(C(=O)Nc2ccc(C(=O)O)cc2)n(Cc2csc(N3CCCCC3)n2)c1.CCc1cc(C(=O)Nc2ccc(I)cc2)n(Cc2csc(N3CCCCC3)n2)c1. The minimum atomic E-state index is -0.994. The Balaban J connectivity index is 0.000000182. The zero-order chi connectivity index (χ0) is 42.0. The molecule has 0 spiro atoms. The molecule has 3 N–H and O–H groups in total. The molecule has 0 saturated carbocycles. The van der Waals surface area contributed by atoms with Gasteiger partial charge in [-0.25, -0.2) is 14.8 Å². The fraction of sp³-hybridized carbons (Fsp3) is 0.356. The summed E-state index contributed by atoms with van der Waals surface area (Å²) in [4.78, 5) is 51.3. The molecule has 6 aromatic rings. The Labute approximate surface area is 372 Å². The van der Waals surface area contributed by atoms with Crippen molar-refractivity contribution < 1.29 is 19.5 Å². The molecule has 314 valence electrons. The van der Waals surface area contributed by atoms with Crippen molar-refractivity contribution in [1.29, 1.82) is 0 Å². The summed E-state index contributed by atoms with van der Waals surface area (Å²) in [5, 5.41) is 21.3. The zero-order valence-electron chi connectivity index (χ0n) is 34.0. The van der Waals surface area contributed by atoms with Crippen molar-refractivity contribution in [3.05, 3.63) is 127 Å². The van der Waals surface area contributed by atoms with Crippen molar-refractivity contribution in [3.8, 4) is 0 Å². The van der Waals surface area contributed by atoms with Crippen LogP contribution >= 0.6 is 45.3 Å². The maximum Gasteiger partial charge on any atom is 0.335 e. The highest BCUT2D eigenvalue weighted by molar-refractivity contribution is 14.1. The van der Waals surface area contributed by atoms with Crippen LogP contribution in [0.25, 0.3) is 0 Å². The third-order valence-corrected chi connectivity index (χ3v) is 13.3. The van der Waals surface area contributed by atoms with E-state index in [1.54, 1.807) is 34.8 Å². The Morgan fingerprint density at radius 3 is 1.47 bits per heavy atom. The first-order valence-electron chi connectivity index (χ1n) is 20.6. The summed E-state index contributed by atoms with van der Waals surface area (Å²) in [6.07, 6.45) is 13.3. The van der Waals surface area contributed by atoms with Gasteiger partial charge in [0.25, 0.3) is 11.8 Å². The molecule has 2 fully saturated rings. The lowest BCUT2D eigenvalue weighted by molar-refractivity contribution is 0.0696. The predicted octanol–water partition coefficient (Wildman–Crippen LogP) is 9.90. The van der Waals surface area contributed by atoms with Crippen molar-refractivity contribution in [2.24, 2.45) is 0 Å². The molecule has 0 atom stereocenters. The van der Waals surface area contributed by atoms with Crippen LogP contribution in [0, 0.1) is 3.57 Å². The molecule has 0 unspecified atom stereocenters. The molecule has 6 heterocycles. The second-order valence-corrected chi connectivity index (χ2v) is 18.0. The fourth-order valence-corrected chi connectivity index (χ4v) is 9.44. The van der Waals surface area contributed by atoms with Crippen molar-refractivity contribution in [2.45, 2.75) is 78.3 Å². The Morgan fingerprint density at radius 1 is 0.650 bits per heavy atom. The van der Waals surface area contributed by atoms with Gasteiger partial charge in [0, 0.05) is 64.3 Å². The summed E-state index contributed by atoms with van der Waals surface area (Å²) < 4.78 is 5.11. The number of carbonyl (C=O) groups is 3. The fourth-order valence-electron chi connectivity index (χ4n) is 7.34. The van der Waals surface area contributed by atoms with E-state index in [9.17, 15) is 14.4 Å². The summed E-state index contributed by atoms with van der Waals surface area (Å²) in [6, 6.07) is 17.9. The van der Waals surface area contributed by atoms with Crippen LogP contribution in [0.2, 0.25) is 0 Å². The van der Waals surface area contributed by atoms with Crippen LogP contribution in [0.3, 0.4) is 0 Å². The number of aromatic nitrogens is 4. The molecule has 15 heteroatoms. The van der Waals surface area contributed by atoms with E-state index in [1.807, 2.05) is 51.7 Å². The molecule has 0 radical (unpaired) electrons. The summed E-state index contributed by atoms with van der Waals surface area (Å²) in [5.74, 6) is -1.31. The number of hydrogen-bond acceptors (Lipinski definition) is 9. The maximum absolute atomic E-state index is 13.0. The Kier molecular flexibility index (Phi) is 14.7. The molecule has 60 heavy (non-hydrogen) atoms. The van der Waals surface area contributed by atoms with Gasteiger partial charge in [-0.15, -0.1) is 22.7 Å². The molecular weight excluding hydrogens is 908 g/mol. The van der Waals surface area contributed by atoms with Crippen LogP contribution in [0.4, 0.5) is 21.6 Å². The van der Waals surface area contributed by atoms with E-state index in [4.69, 9.17) is 15.1 Å². The third-order valence-electron chi connectivity index (χ3n) is 10.7. The number of aromatic carboxylic acids is 1. The number of piperidine rings is 2. The van der Waals surface area contributed by atoms with Crippen molar-refractivity contribution in [1.82, 2.24) is 19.1 Å². The largest absolute Gasteiger partial charge is 0.478 e. The highest BCUT2D eigenvalue weighted by atomic mass is 127. The standard InChI is InChI=1S/C23H26N4O3S.C22H25IN4OS/c1-2-16-12-20(21(28)24-18-8-6-17(7-9-18)22(29)30)27(13-16)14-19-15-31-23(25-19)26-10-4-3-5-11-26;1-2-16-12-20(21(28)24-18-8-6-17(23)7-9-18)27(13-16)14-19-15-29-22(25-19)26-10-4-3-5-11-26/h6-9,12-13,15H,2-5,10-11,14H2,1H3,(H,24,28)(H,29,30);6-9,12-13,15H,2-5,10-11,14H2,1H3,(H,24,28). The molecule has 2 aromatic carbocycles. The number of aryl methyl sites for hydroxylation is 2. The lowest BCUT2D eigenvalue weighted by Gasteiger charge is -2.25. The van der Waals surface area contributed by atoms with Crippen LogP contribution < -0.4 is 20.4 Å². The highest BCUT2D eigenvalue weighted by Gasteiger charge is 2.20. The normalized spacial score (nSPS) is 14.1. The molecule has 8 rings (SSSR count). The van der Waals surface area contributed by atoms with Crippen LogP contribution in [0.5, 0.6) is 0 Å². The highest BCUT2D eigenvalue weighted by Crippen LogP contribution is 2.27. The first kappa shape index (κ1) is 43.1. The van der Waals surface area contributed by atoms with Gasteiger partial charge in [-0.05, 0) is 146 Å². The molecule has 2 aliphatic rings. The van der Waals surface area contributed by atoms with Gasteiger partial charge in [-0.2, -0.15) is 0 Å². The summed E-state index contributed by atoms with van der Waals surface area (Å²) in [5.41, 5.74) is 6.98. The number of benzene rings is 2. The van der Waals surface area contributed by atoms with E-state index in [2.05, 4.69) is 73.8 Å². The first-order chi connectivity index (χ1) is 29.1. The molecule has 2 saturated heterocycles. The van der Waals surface area contributed by atoms with Crippen LogP contribution in [0.15, 0.2) is 83.8 Å². The Morgan fingerprint density at radius 2 is 1.07 bits per heavy atom. The molecule has 12 nitrogen and oxygen atoms in total. The number of anilines is 4. The van der Waals surface area contributed by atoms with Gasteiger partial charge in [-0.1, -0.05) is 13.8 Å². The lowest BCUT2D eigenvalue weighted by atomic mass is 10.1. The van der Waals surface area contributed by atoms with Crippen LogP contribution in [-0.2, 0) is 25.9 Å². The lowest BCUT2D eigenvalue weighted by Crippen LogP contribution is -2.29. The Bertz CT molecular complexity index is 2370. The summed E-state index contributed by atoms with van der Waals surface area (Å²) in [6.45, 7) is 9.63. The maximum atomic E-state index is 13.0. The van der Waals surface area contributed by atoms with Gasteiger partial charge in [0.15, 0.2) is 10.3 Å². The molecule has 4 aromatic heterocycles.